The summed E-state index contributed by atoms with van der Waals surface area (Å²) in [5, 5.41) is 0. The van der Waals surface area contributed by atoms with E-state index in [2.05, 4.69) is 0 Å². The molecule has 0 aromatic carbocycles. The molecule has 0 atom stereocenters. The fraction of sp³-hybridized carbons (Fsp3) is 1.00. The second kappa shape index (κ2) is 3.17. The van der Waals surface area contributed by atoms with Gasteiger partial charge in [-0.3, -0.25) is 4.55 Å². The normalized spacial score (nSPS) is 12.4. The molecule has 0 aliphatic heterocycles. The third-order valence-electron chi connectivity index (χ3n) is 0.953. The second-order valence-corrected chi connectivity index (χ2v) is 4.04. The molecule has 0 spiro atoms. The van der Waals surface area contributed by atoms with Crippen molar-refractivity contribution in [2.75, 3.05) is 5.75 Å². The Hall–Kier alpha value is -0.0900. The van der Waals surface area contributed by atoms with Gasteiger partial charge in [0.1, 0.15) is 0 Å². The summed E-state index contributed by atoms with van der Waals surface area (Å²) in [4.78, 5) is 0. The van der Waals surface area contributed by atoms with Crippen molar-refractivity contribution in [3.05, 3.63) is 0 Å². The summed E-state index contributed by atoms with van der Waals surface area (Å²) in [7, 11) is -3.72. The molecule has 0 aromatic rings. The highest BCUT2D eigenvalue weighted by Crippen LogP contribution is 2.00. The Bertz CT molecular complexity index is 157. The molecule has 0 saturated carbocycles. The van der Waals surface area contributed by atoms with Gasteiger partial charge >= 0.3 is 0 Å². The average Bonchev–Trinajstić information content (AvgIpc) is 1.59. The summed E-state index contributed by atoms with van der Waals surface area (Å²) in [6.07, 6.45) is 0.527. The first-order valence-electron chi connectivity index (χ1n) is 2.87. The summed E-state index contributed by atoms with van der Waals surface area (Å²) in [6, 6.07) is 0. The zero-order chi connectivity index (χ0) is 7.49. The van der Waals surface area contributed by atoms with Crippen molar-refractivity contribution >= 4 is 10.1 Å². The fourth-order valence-electron chi connectivity index (χ4n) is 0.385. The predicted octanol–water partition coefficient (Wildman–Crippen LogP) is 0.920. The largest absolute Gasteiger partial charge is 0.286 e. The van der Waals surface area contributed by atoms with Gasteiger partial charge in [0.25, 0.3) is 10.1 Å². The van der Waals surface area contributed by atoms with E-state index in [9.17, 15) is 8.42 Å². The molecular formula is C5H12O3S. The van der Waals surface area contributed by atoms with Crippen LogP contribution in [0.3, 0.4) is 0 Å². The quantitative estimate of drug-likeness (QED) is 0.612. The van der Waals surface area contributed by atoms with E-state index in [-0.39, 0.29) is 5.75 Å². The van der Waals surface area contributed by atoms with Gasteiger partial charge in [-0.05, 0) is 12.3 Å². The molecule has 0 bridgehead atoms. The van der Waals surface area contributed by atoms with Crippen molar-refractivity contribution in [1.29, 1.82) is 0 Å². The van der Waals surface area contributed by atoms with E-state index >= 15 is 0 Å². The van der Waals surface area contributed by atoms with Crippen molar-refractivity contribution in [3.63, 3.8) is 0 Å². The fourth-order valence-corrected chi connectivity index (χ4v) is 1.15. The Morgan fingerprint density at radius 1 is 1.44 bits per heavy atom. The van der Waals surface area contributed by atoms with Gasteiger partial charge < -0.3 is 0 Å². The van der Waals surface area contributed by atoms with Gasteiger partial charge in [-0.2, -0.15) is 8.42 Å². The average molecular weight is 152 g/mol. The maximum absolute atomic E-state index is 10.1. The lowest BCUT2D eigenvalue weighted by Gasteiger charge is -1.99. The molecular weight excluding hydrogens is 140 g/mol. The third-order valence-corrected chi connectivity index (χ3v) is 1.70. The van der Waals surface area contributed by atoms with Crippen LogP contribution in [0.25, 0.3) is 0 Å². The van der Waals surface area contributed by atoms with Crippen molar-refractivity contribution in [2.24, 2.45) is 5.92 Å². The highest BCUT2D eigenvalue weighted by Gasteiger charge is 2.04. The molecule has 56 valence electrons. The van der Waals surface area contributed by atoms with Crippen LogP contribution in [0.15, 0.2) is 0 Å². The molecule has 0 fully saturated rings. The van der Waals surface area contributed by atoms with Gasteiger partial charge in [0.15, 0.2) is 0 Å². The van der Waals surface area contributed by atoms with Crippen LogP contribution >= 0.6 is 0 Å². The molecule has 0 rings (SSSR count). The standard InChI is InChI=1S/C5H12O3S/c1-5(2)3-4-9(6,7)8/h5H,3-4H2,1-2H3,(H,6,7,8). The molecule has 3 nitrogen and oxygen atoms in total. The summed E-state index contributed by atoms with van der Waals surface area (Å²) in [6.45, 7) is 3.82. The summed E-state index contributed by atoms with van der Waals surface area (Å²) in [5.74, 6) is 0.205. The number of rotatable bonds is 3. The zero-order valence-electron chi connectivity index (χ0n) is 5.66. The van der Waals surface area contributed by atoms with E-state index in [0.29, 0.717) is 12.3 Å². The molecule has 0 aliphatic rings. The molecule has 0 aliphatic carbocycles. The second-order valence-electron chi connectivity index (χ2n) is 2.47. The summed E-state index contributed by atoms with van der Waals surface area (Å²) >= 11 is 0. The minimum Gasteiger partial charge on any atom is -0.286 e. The van der Waals surface area contributed by atoms with Crippen LogP contribution in [0.5, 0.6) is 0 Å². The Morgan fingerprint density at radius 3 is 2.00 bits per heavy atom. The van der Waals surface area contributed by atoms with Crippen LogP contribution < -0.4 is 0 Å². The highest BCUT2D eigenvalue weighted by molar-refractivity contribution is 7.85. The number of hydrogen-bond acceptors (Lipinski definition) is 2. The van der Waals surface area contributed by atoms with Gasteiger partial charge in [0.2, 0.25) is 0 Å². The van der Waals surface area contributed by atoms with Gasteiger partial charge in [-0.25, -0.2) is 0 Å². The molecule has 0 heterocycles. The first kappa shape index (κ1) is 8.91. The summed E-state index contributed by atoms with van der Waals surface area (Å²) < 4.78 is 28.4. The van der Waals surface area contributed by atoms with Crippen LogP contribution in [0.4, 0.5) is 0 Å². The Morgan fingerprint density at radius 2 is 1.89 bits per heavy atom. The van der Waals surface area contributed by atoms with Crippen LogP contribution in [0.1, 0.15) is 20.3 Å². The zero-order valence-corrected chi connectivity index (χ0v) is 6.48. The van der Waals surface area contributed by atoms with E-state index in [1.165, 1.54) is 0 Å². The van der Waals surface area contributed by atoms with Crippen LogP contribution in [-0.2, 0) is 10.1 Å². The molecule has 0 saturated heterocycles. The van der Waals surface area contributed by atoms with Crippen LogP contribution in [-0.4, -0.2) is 18.7 Å². The monoisotopic (exact) mass is 152 g/mol. The van der Waals surface area contributed by atoms with Gasteiger partial charge in [-0.15, -0.1) is 0 Å². The minimum absolute atomic E-state index is 0.120. The Labute approximate surface area is 55.8 Å². The molecule has 1 N–H and O–H groups in total. The molecule has 0 unspecified atom stereocenters. The van der Waals surface area contributed by atoms with E-state index in [0.717, 1.165) is 0 Å². The van der Waals surface area contributed by atoms with Crippen molar-refractivity contribution < 1.29 is 13.0 Å². The van der Waals surface area contributed by atoms with Crippen LogP contribution in [0, 0.1) is 5.92 Å². The van der Waals surface area contributed by atoms with Crippen molar-refractivity contribution in [1.82, 2.24) is 0 Å². The molecule has 0 aromatic heterocycles. The van der Waals surface area contributed by atoms with Gasteiger partial charge in [-0.1, -0.05) is 13.8 Å². The maximum Gasteiger partial charge on any atom is 0.264 e. The van der Waals surface area contributed by atoms with E-state index in [1.54, 1.807) is 0 Å². The van der Waals surface area contributed by atoms with Gasteiger partial charge in [0, 0.05) is 0 Å². The topological polar surface area (TPSA) is 54.4 Å². The van der Waals surface area contributed by atoms with Crippen molar-refractivity contribution in [2.45, 2.75) is 20.3 Å². The molecule has 4 heteroatoms. The Balaban J connectivity index is 3.53. The smallest absolute Gasteiger partial charge is 0.264 e. The summed E-state index contributed by atoms with van der Waals surface area (Å²) in [5.41, 5.74) is 0. The van der Waals surface area contributed by atoms with E-state index in [1.807, 2.05) is 13.8 Å². The van der Waals surface area contributed by atoms with Crippen LogP contribution in [0.2, 0.25) is 0 Å². The van der Waals surface area contributed by atoms with E-state index < -0.39 is 10.1 Å². The third kappa shape index (κ3) is 7.91. The van der Waals surface area contributed by atoms with E-state index in [4.69, 9.17) is 4.55 Å². The lowest BCUT2D eigenvalue weighted by Crippen LogP contribution is -2.06. The highest BCUT2D eigenvalue weighted by atomic mass is 32.2. The lowest BCUT2D eigenvalue weighted by atomic mass is 10.2. The Kier molecular flexibility index (Phi) is 3.14. The molecule has 0 radical (unpaired) electrons. The number of hydrogen-bond donors (Lipinski definition) is 1. The lowest BCUT2D eigenvalue weighted by molar-refractivity contribution is 0.474. The molecule has 0 amide bonds. The first-order valence-corrected chi connectivity index (χ1v) is 4.48. The van der Waals surface area contributed by atoms with Gasteiger partial charge in [0.05, 0.1) is 5.75 Å². The molecule has 9 heavy (non-hydrogen) atoms. The SMILES string of the molecule is CC(C)CCS(=O)(=O)O. The minimum atomic E-state index is -3.72. The maximum atomic E-state index is 10.1. The first-order chi connectivity index (χ1) is 3.92. The van der Waals surface area contributed by atoms with Crippen molar-refractivity contribution in [3.8, 4) is 0 Å². The predicted molar refractivity (Wildman–Crippen MR) is 35.9 cm³/mol.